The van der Waals surface area contributed by atoms with Crippen LogP contribution in [-0.4, -0.2) is 11.5 Å². The number of pyridine rings is 1. The van der Waals surface area contributed by atoms with E-state index in [2.05, 4.69) is 11.1 Å². The summed E-state index contributed by atoms with van der Waals surface area (Å²) in [6.07, 6.45) is 2.10. The number of nitrogens with zero attached hydrogens (tertiary/aromatic N) is 2. The summed E-state index contributed by atoms with van der Waals surface area (Å²) in [7, 11) is 0. The first-order chi connectivity index (χ1) is 9.35. The lowest BCUT2D eigenvalue weighted by atomic mass is 10.1. The van der Waals surface area contributed by atoms with Crippen LogP contribution in [0.5, 0.6) is 5.88 Å². The summed E-state index contributed by atoms with van der Waals surface area (Å²) < 4.78 is 5.85. The van der Waals surface area contributed by atoms with Crippen LogP contribution in [-0.2, 0) is 0 Å². The topological polar surface area (TPSA) is 71.9 Å². The van der Waals surface area contributed by atoms with Gasteiger partial charge in [0.1, 0.15) is 17.7 Å². The fourth-order valence-electron chi connectivity index (χ4n) is 1.82. The second-order valence-electron chi connectivity index (χ2n) is 4.06. The van der Waals surface area contributed by atoms with Crippen molar-refractivity contribution in [2.75, 3.05) is 6.54 Å². The van der Waals surface area contributed by atoms with Crippen molar-refractivity contribution in [3.05, 3.63) is 59.8 Å². The lowest BCUT2D eigenvalue weighted by molar-refractivity contribution is 0.189. The first-order valence-electron chi connectivity index (χ1n) is 6.12. The average Bonchev–Trinajstić information content (AvgIpc) is 2.48. The summed E-state index contributed by atoms with van der Waals surface area (Å²) in [5.41, 5.74) is 7.09. The van der Waals surface area contributed by atoms with Crippen LogP contribution in [0.2, 0.25) is 0 Å². The molecule has 0 saturated carbocycles. The molecule has 0 amide bonds. The Morgan fingerprint density at radius 3 is 2.68 bits per heavy atom. The van der Waals surface area contributed by atoms with Gasteiger partial charge in [-0.15, -0.1) is 0 Å². The normalized spacial score (nSPS) is 11.6. The molecule has 96 valence electrons. The third-order valence-electron chi connectivity index (χ3n) is 2.75. The van der Waals surface area contributed by atoms with E-state index in [0.717, 1.165) is 5.56 Å². The minimum Gasteiger partial charge on any atom is -0.468 e. The van der Waals surface area contributed by atoms with Crippen LogP contribution in [0.1, 0.15) is 23.7 Å². The van der Waals surface area contributed by atoms with Crippen LogP contribution >= 0.6 is 0 Å². The molecule has 0 aliphatic heterocycles. The molecule has 1 aromatic heterocycles. The number of rotatable bonds is 5. The second-order valence-corrected chi connectivity index (χ2v) is 4.06. The maximum Gasteiger partial charge on any atom is 0.232 e. The molecule has 2 rings (SSSR count). The maximum absolute atomic E-state index is 9.04. The zero-order chi connectivity index (χ0) is 13.5. The summed E-state index contributed by atoms with van der Waals surface area (Å²) in [5, 5.41) is 9.04. The van der Waals surface area contributed by atoms with E-state index in [1.54, 1.807) is 18.3 Å². The Bertz CT molecular complexity index is 563. The van der Waals surface area contributed by atoms with E-state index in [1.165, 1.54) is 0 Å². The van der Waals surface area contributed by atoms with Gasteiger partial charge in [-0.25, -0.2) is 4.98 Å². The molecule has 0 aliphatic carbocycles. The van der Waals surface area contributed by atoms with Gasteiger partial charge in [-0.3, -0.25) is 0 Å². The molecule has 0 radical (unpaired) electrons. The Kier molecular flexibility index (Phi) is 4.49. The summed E-state index contributed by atoms with van der Waals surface area (Å²) >= 11 is 0. The highest BCUT2D eigenvalue weighted by atomic mass is 16.5. The molecule has 1 heterocycles. The van der Waals surface area contributed by atoms with Gasteiger partial charge in [-0.1, -0.05) is 30.3 Å². The highest BCUT2D eigenvalue weighted by Gasteiger charge is 2.15. The van der Waals surface area contributed by atoms with Crippen molar-refractivity contribution in [3.63, 3.8) is 0 Å². The van der Waals surface area contributed by atoms with Crippen LogP contribution in [0, 0.1) is 11.3 Å². The van der Waals surface area contributed by atoms with Gasteiger partial charge < -0.3 is 10.5 Å². The zero-order valence-corrected chi connectivity index (χ0v) is 10.5. The Balaban J connectivity index is 2.24. The molecule has 2 aromatic rings. The van der Waals surface area contributed by atoms with Crippen molar-refractivity contribution in [3.8, 4) is 11.9 Å². The van der Waals surface area contributed by atoms with Gasteiger partial charge in [0.05, 0.1) is 0 Å². The zero-order valence-electron chi connectivity index (χ0n) is 10.5. The van der Waals surface area contributed by atoms with Crippen molar-refractivity contribution in [1.29, 1.82) is 5.26 Å². The standard InChI is InChI=1S/C15H15N3O/c16-9-8-14(12-5-2-1-3-6-12)19-15-13(11-17)7-4-10-18-15/h1-7,10,14H,8-9,16H2/t14-/m1/s1. The molecule has 4 heteroatoms. The summed E-state index contributed by atoms with van der Waals surface area (Å²) in [5.74, 6) is 0.354. The first-order valence-corrected chi connectivity index (χ1v) is 6.12. The van der Waals surface area contributed by atoms with Crippen molar-refractivity contribution in [1.82, 2.24) is 4.98 Å². The summed E-state index contributed by atoms with van der Waals surface area (Å²) in [6, 6.07) is 15.3. The van der Waals surface area contributed by atoms with Crippen LogP contribution in [0.3, 0.4) is 0 Å². The third-order valence-corrected chi connectivity index (χ3v) is 2.75. The van der Waals surface area contributed by atoms with Gasteiger partial charge >= 0.3 is 0 Å². The number of hydrogen-bond donors (Lipinski definition) is 1. The van der Waals surface area contributed by atoms with E-state index in [0.29, 0.717) is 24.4 Å². The first kappa shape index (κ1) is 13.1. The number of ether oxygens (including phenoxy) is 1. The monoisotopic (exact) mass is 253 g/mol. The number of nitriles is 1. The number of hydrogen-bond acceptors (Lipinski definition) is 4. The van der Waals surface area contributed by atoms with Crippen molar-refractivity contribution < 1.29 is 4.74 Å². The van der Waals surface area contributed by atoms with E-state index in [-0.39, 0.29) is 6.10 Å². The van der Waals surface area contributed by atoms with E-state index in [4.69, 9.17) is 15.7 Å². The second kappa shape index (κ2) is 6.53. The molecule has 1 atom stereocenters. The molecule has 19 heavy (non-hydrogen) atoms. The predicted molar refractivity (Wildman–Crippen MR) is 72.4 cm³/mol. The van der Waals surface area contributed by atoms with Crippen LogP contribution in [0.25, 0.3) is 0 Å². The predicted octanol–water partition coefficient (Wildman–Crippen LogP) is 2.42. The Morgan fingerprint density at radius 1 is 1.21 bits per heavy atom. The van der Waals surface area contributed by atoms with Gasteiger partial charge in [-0.05, 0) is 24.2 Å². The minimum atomic E-state index is -0.187. The summed E-state index contributed by atoms with van der Waals surface area (Å²) in [4.78, 5) is 4.11. The number of benzene rings is 1. The fraction of sp³-hybridized carbons (Fsp3) is 0.200. The minimum absolute atomic E-state index is 0.187. The van der Waals surface area contributed by atoms with Crippen molar-refractivity contribution in [2.24, 2.45) is 5.73 Å². The van der Waals surface area contributed by atoms with E-state index >= 15 is 0 Å². The van der Waals surface area contributed by atoms with Crippen molar-refractivity contribution in [2.45, 2.75) is 12.5 Å². The Morgan fingerprint density at radius 2 is 2.00 bits per heavy atom. The van der Waals surface area contributed by atoms with E-state index < -0.39 is 0 Å². The fourth-order valence-corrected chi connectivity index (χ4v) is 1.82. The molecule has 0 saturated heterocycles. The lowest BCUT2D eigenvalue weighted by Gasteiger charge is -2.18. The van der Waals surface area contributed by atoms with E-state index in [9.17, 15) is 0 Å². The molecule has 4 nitrogen and oxygen atoms in total. The maximum atomic E-state index is 9.04. The number of nitrogens with two attached hydrogens (primary N) is 1. The lowest BCUT2D eigenvalue weighted by Crippen LogP contribution is -2.14. The van der Waals surface area contributed by atoms with Gasteiger partial charge in [0, 0.05) is 12.6 Å². The third kappa shape index (κ3) is 3.30. The van der Waals surface area contributed by atoms with Crippen LogP contribution < -0.4 is 10.5 Å². The van der Waals surface area contributed by atoms with Crippen molar-refractivity contribution >= 4 is 0 Å². The molecule has 0 spiro atoms. The number of aromatic nitrogens is 1. The smallest absolute Gasteiger partial charge is 0.232 e. The molecular weight excluding hydrogens is 238 g/mol. The Hall–Kier alpha value is -2.38. The SMILES string of the molecule is N#Cc1cccnc1O[C@H](CCN)c1ccccc1. The molecule has 0 aliphatic rings. The van der Waals surface area contributed by atoms with Gasteiger partial charge in [-0.2, -0.15) is 5.26 Å². The van der Waals surface area contributed by atoms with Gasteiger partial charge in [0.2, 0.25) is 5.88 Å². The van der Waals surface area contributed by atoms with Crippen LogP contribution in [0.4, 0.5) is 0 Å². The highest BCUT2D eigenvalue weighted by Crippen LogP contribution is 2.24. The Labute approximate surface area is 112 Å². The van der Waals surface area contributed by atoms with Crippen LogP contribution in [0.15, 0.2) is 48.7 Å². The molecule has 0 bridgehead atoms. The molecular formula is C15H15N3O. The molecule has 2 N–H and O–H groups in total. The summed E-state index contributed by atoms with van der Waals surface area (Å²) in [6.45, 7) is 0.508. The van der Waals surface area contributed by atoms with Gasteiger partial charge in [0.15, 0.2) is 0 Å². The molecule has 1 aromatic carbocycles. The largest absolute Gasteiger partial charge is 0.468 e. The molecule has 0 fully saturated rings. The van der Waals surface area contributed by atoms with Gasteiger partial charge in [0.25, 0.3) is 0 Å². The highest BCUT2D eigenvalue weighted by molar-refractivity contribution is 5.37. The molecule has 0 unspecified atom stereocenters. The van der Waals surface area contributed by atoms with E-state index in [1.807, 2.05) is 30.3 Å². The quantitative estimate of drug-likeness (QED) is 0.888. The average molecular weight is 253 g/mol.